The molecule has 0 bridgehead atoms. The SMILES string of the molecule is Fc1ccc(CN2CCC(c3c[nH]c4ccccc34)CC2)cc1. The van der Waals surface area contributed by atoms with Gasteiger partial charge in [0.1, 0.15) is 5.82 Å². The van der Waals surface area contributed by atoms with E-state index in [1.54, 1.807) is 12.1 Å². The van der Waals surface area contributed by atoms with Crippen molar-refractivity contribution in [3.05, 3.63) is 71.7 Å². The van der Waals surface area contributed by atoms with Gasteiger partial charge in [-0.15, -0.1) is 0 Å². The van der Waals surface area contributed by atoms with E-state index in [2.05, 4.69) is 40.3 Å². The monoisotopic (exact) mass is 308 g/mol. The number of benzene rings is 2. The van der Waals surface area contributed by atoms with Gasteiger partial charge < -0.3 is 4.98 Å². The molecule has 3 aromatic rings. The summed E-state index contributed by atoms with van der Waals surface area (Å²) in [5.74, 6) is 0.474. The third-order valence-corrected chi connectivity index (χ3v) is 4.97. The molecule has 0 amide bonds. The van der Waals surface area contributed by atoms with Gasteiger partial charge >= 0.3 is 0 Å². The lowest BCUT2D eigenvalue weighted by Crippen LogP contribution is -2.32. The van der Waals surface area contributed by atoms with E-state index in [1.165, 1.54) is 34.9 Å². The first-order chi connectivity index (χ1) is 11.3. The van der Waals surface area contributed by atoms with Crippen molar-refractivity contribution in [3.8, 4) is 0 Å². The van der Waals surface area contributed by atoms with Gasteiger partial charge in [-0.3, -0.25) is 4.90 Å². The summed E-state index contributed by atoms with van der Waals surface area (Å²) in [4.78, 5) is 5.86. The minimum Gasteiger partial charge on any atom is -0.361 e. The molecular weight excluding hydrogens is 287 g/mol. The first kappa shape index (κ1) is 14.5. The Hall–Kier alpha value is -2.13. The van der Waals surface area contributed by atoms with Gasteiger partial charge in [0.2, 0.25) is 0 Å². The maximum Gasteiger partial charge on any atom is 0.123 e. The number of aromatic nitrogens is 1. The van der Waals surface area contributed by atoms with Crippen LogP contribution in [-0.4, -0.2) is 23.0 Å². The molecule has 0 saturated carbocycles. The van der Waals surface area contributed by atoms with Gasteiger partial charge in [-0.1, -0.05) is 30.3 Å². The van der Waals surface area contributed by atoms with Crippen molar-refractivity contribution < 1.29 is 4.39 Å². The largest absolute Gasteiger partial charge is 0.361 e. The Kier molecular flexibility index (Phi) is 3.88. The Morgan fingerprint density at radius 3 is 2.52 bits per heavy atom. The van der Waals surface area contributed by atoms with Gasteiger partial charge in [0.05, 0.1) is 0 Å². The number of piperidine rings is 1. The summed E-state index contributed by atoms with van der Waals surface area (Å²) in [5, 5.41) is 1.37. The van der Waals surface area contributed by atoms with Crippen LogP contribution in [0.4, 0.5) is 4.39 Å². The lowest BCUT2D eigenvalue weighted by molar-refractivity contribution is 0.205. The molecule has 1 fully saturated rings. The summed E-state index contributed by atoms with van der Waals surface area (Å²) >= 11 is 0. The van der Waals surface area contributed by atoms with Crippen LogP contribution in [0.1, 0.15) is 29.9 Å². The number of rotatable bonds is 3. The van der Waals surface area contributed by atoms with Crippen LogP contribution in [0.2, 0.25) is 0 Å². The molecule has 0 radical (unpaired) electrons. The second-order valence-corrected chi connectivity index (χ2v) is 6.47. The number of fused-ring (bicyclic) bond motifs is 1. The minimum absolute atomic E-state index is 0.160. The number of hydrogen-bond donors (Lipinski definition) is 1. The maximum absolute atomic E-state index is 13.0. The Labute approximate surface area is 135 Å². The van der Waals surface area contributed by atoms with Crippen LogP contribution in [0.15, 0.2) is 54.7 Å². The van der Waals surface area contributed by atoms with E-state index in [9.17, 15) is 4.39 Å². The molecule has 1 N–H and O–H groups in total. The molecular formula is C20H21FN2. The number of likely N-dealkylation sites (tertiary alicyclic amines) is 1. The molecule has 4 rings (SSSR count). The van der Waals surface area contributed by atoms with Crippen LogP contribution in [0.25, 0.3) is 10.9 Å². The lowest BCUT2D eigenvalue weighted by atomic mass is 9.89. The van der Waals surface area contributed by atoms with Gasteiger partial charge in [0.25, 0.3) is 0 Å². The summed E-state index contributed by atoms with van der Waals surface area (Å²) in [7, 11) is 0. The van der Waals surface area contributed by atoms with Crippen LogP contribution >= 0.6 is 0 Å². The first-order valence-corrected chi connectivity index (χ1v) is 8.32. The minimum atomic E-state index is -0.160. The van der Waals surface area contributed by atoms with E-state index in [0.29, 0.717) is 5.92 Å². The molecule has 23 heavy (non-hydrogen) atoms. The van der Waals surface area contributed by atoms with Gasteiger partial charge in [0, 0.05) is 23.6 Å². The van der Waals surface area contributed by atoms with E-state index >= 15 is 0 Å². The Morgan fingerprint density at radius 1 is 1.00 bits per heavy atom. The number of hydrogen-bond acceptors (Lipinski definition) is 1. The Balaban J connectivity index is 1.42. The third-order valence-electron chi connectivity index (χ3n) is 4.97. The molecule has 118 valence electrons. The molecule has 0 atom stereocenters. The molecule has 0 spiro atoms. The zero-order chi connectivity index (χ0) is 15.6. The highest BCUT2D eigenvalue weighted by Gasteiger charge is 2.22. The second-order valence-electron chi connectivity index (χ2n) is 6.47. The number of nitrogens with zero attached hydrogens (tertiary/aromatic N) is 1. The maximum atomic E-state index is 13.0. The molecule has 0 unspecified atom stereocenters. The predicted molar refractivity (Wildman–Crippen MR) is 92.0 cm³/mol. The number of nitrogens with one attached hydrogen (secondary N) is 1. The molecule has 2 heterocycles. The van der Waals surface area contributed by atoms with Crippen molar-refractivity contribution in [1.82, 2.24) is 9.88 Å². The van der Waals surface area contributed by atoms with Crippen molar-refractivity contribution in [2.75, 3.05) is 13.1 Å². The van der Waals surface area contributed by atoms with Gasteiger partial charge in [-0.05, 0) is 61.2 Å². The van der Waals surface area contributed by atoms with E-state index in [-0.39, 0.29) is 5.82 Å². The fourth-order valence-corrected chi connectivity index (χ4v) is 3.68. The summed E-state index contributed by atoms with van der Waals surface area (Å²) < 4.78 is 13.0. The summed E-state index contributed by atoms with van der Waals surface area (Å²) in [6.45, 7) is 3.12. The normalized spacial score (nSPS) is 16.9. The molecule has 1 aromatic heterocycles. The van der Waals surface area contributed by atoms with Crippen molar-refractivity contribution >= 4 is 10.9 Å². The number of halogens is 1. The molecule has 2 aromatic carbocycles. The molecule has 0 aliphatic carbocycles. The molecule has 1 saturated heterocycles. The van der Waals surface area contributed by atoms with Gasteiger partial charge in [-0.25, -0.2) is 4.39 Å². The van der Waals surface area contributed by atoms with Crippen molar-refractivity contribution in [2.24, 2.45) is 0 Å². The van der Waals surface area contributed by atoms with Gasteiger partial charge in [-0.2, -0.15) is 0 Å². The summed E-state index contributed by atoms with van der Waals surface area (Å²) in [6, 6.07) is 15.4. The van der Waals surface area contributed by atoms with Crippen molar-refractivity contribution in [1.29, 1.82) is 0 Å². The third kappa shape index (κ3) is 3.02. The topological polar surface area (TPSA) is 19.0 Å². The number of aromatic amines is 1. The zero-order valence-corrected chi connectivity index (χ0v) is 13.1. The summed E-state index contributed by atoms with van der Waals surface area (Å²) in [5.41, 5.74) is 3.88. The molecule has 1 aliphatic heterocycles. The second kappa shape index (κ2) is 6.17. The van der Waals surface area contributed by atoms with E-state index < -0.39 is 0 Å². The summed E-state index contributed by atoms with van der Waals surface area (Å²) in [6.07, 6.45) is 4.55. The Bertz CT molecular complexity index is 783. The molecule has 2 nitrogen and oxygen atoms in total. The lowest BCUT2D eigenvalue weighted by Gasteiger charge is -2.32. The van der Waals surface area contributed by atoms with Crippen LogP contribution in [-0.2, 0) is 6.54 Å². The van der Waals surface area contributed by atoms with Crippen molar-refractivity contribution in [3.63, 3.8) is 0 Å². The fraction of sp³-hybridized carbons (Fsp3) is 0.300. The van der Waals surface area contributed by atoms with Crippen LogP contribution in [0.3, 0.4) is 0 Å². The average Bonchev–Trinajstić information content (AvgIpc) is 3.02. The van der Waals surface area contributed by atoms with E-state index in [4.69, 9.17) is 0 Å². The highest BCUT2D eigenvalue weighted by atomic mass is 19.1. The number of para-hydroxylation sites is 1. The Morgan fingerprint density at radius 2 is 1.74 bits per heavy atom. The average molecular weight is 308 g/mol. The quantitative estimate of drug-likeness (QED) is 0.744. The van der Waals surface area contributed by atoms with E-state index in [0.717, 1.165) is 19.6 Å². The molecule has 3 heteroatoms. The standard InChI is InChI=1S/C20H21FN2/c21-17-7-5-15(6-8-17)14-23-11-9-16(10-12-23)19-13-22-20-4-2-1-3-18(19)20/h1-8,13,16,22H,9-12,14H2. The van der Waals surface area contributed by atoms with Crippen LogP contribution in [0.5, 0.6) is 0 Å². The van der Waals surface area contributed by atoms with Gasteiger partial charge in [0.15, 0.2) is 0 Å². The smallest absolute Gasteiger partial charge is 0.123 e. The number of H-pyrrole nitrogens is 1. The zero-order valence-electron chi connectivity index (χ0n) is 13.1. The first-order valence-electron chi connectivity index (χ1n) is 8.32. The highest BCUT2D eigenvalue weighted by molar-refractivity contribution is 5.83. The van der Waals surface area contributed by atoms with Crippen LogP contribution < -0.4 is 0 Å². The molecule has 1 aliphatic rings. The van der Waals surface area contributed by atoms with E-state index in [1.807, 2.05) is 12.1 Å². The van der Waals surface area contributed by atoms with Crippen molar-refractivity contribution in [2.45, 2.75) is 25.3 Å². The van der Waals surface area contributed by atoms with Crippen LogP contribution in [0, 0.1) is 5.82 Å². The highest BCUT2D eigenvalue weighted by Crippen LogP contribution is 2.33. The fourth-order valence-electron chi connectivity index (χ4n) is 3.68. The predicted octanol–water partition coefficient (Wildman–Crippen LogP) is 4.69.